The fourth-order valence-electron chi connectivity index (χ4n) is 4.03. The number of pyridine rings is 1. The predicted molar refractivity (Wildman–Crippen MR) is 93.6 cm³/mol. The summed E-state index contributed by atoms with van der Waals surface area (Å²) in [6.07, 6.45) is 11.1. The zero-order chi connectivity index (χ0) is 16.4. The average Bonchev–Trinajstić information content (AvgIpc) is 2.63. The maximum Gasteiger partial charge on any atom is 0.254 e. The van der Waals surface area contributed by atoms with Crippen LogP contribution in [-0.4, -0.2) is 32.9 Å². The first kappa shape index (κ1) is 15.5. The van der Waals surface area contributed by atoms with Crippen LogP contribution in [0.5, 0.6) is 0 Å². The van der Waals surface area contributed by atoms with E-state index in [9.17, 15) is 4.79 Å². The summed E-state index contributed by atoms with van der Waals surface area (Å²) in [5.74, 6) is 1.47. The zero-order valence-electron chi connectivity index (χ0n) is 14.0. The lowest BCUT2D eigenvalue weighted by Gasteiger charge is -2.32. The molecule has 126 valence electrons. The minimum Gasteiger partial charge on any atom is -0.306 e. The Kier molecular flexibility index (Phi) is 4.43. The van der Waals surface area contributed by atoms with Crippen molar-refractivity contribution in [2.45, 2.75) is 45.1 Å². The van der Waals surface area contributed by atoms with Gasteiger partial charge in [-0.25, -0.2) is 4.98 Å². The highest BCUT2D eigenvalue weighted by Gasteiger charge is 2.24. The van der Waals surface area contributed by atoms with Crippen molar-refractivity contribution in [2.75, 3.05) is 13.1 Å². The van der Waals surface area contributed by atoms with Gasteiger partial charge in [0.15, 0.2) is 0 Å². The van der Waals surface area contributed by atoms with Crippen LogP contribution in [0.1, 0.15) is 43.4 Å². The summed E-state index contributed by atoms with van der Waals surface area (Å²) in [4.78, 5) is 26.6. The van der Waals surface area contributed by atoms with Crippen molar-refractivity contribution in [3.8, 4) is 11.4 Å². The molecule has 4 rings (SSSR count). The number of aromatic amines is 1. The summed E-state index contributed by atoms with van der Waals surface area (Å²) < 4.78 is 0. The quantitative estimate of drug-likeness (QED) is 0.943. The van der Waals surface area contributed by atoms with Crippen LogP contribution in [0.25, 0.3) is 11.4 Å². The third kappa shape index (κ3) is 3.26. The SMILES string of the molecule is O=c1[nH]c(-c2ccncc2)nc2c1CCN(CC1CCCCC1)C2. The first-order valence-corrected chi connectivity index (χ1v) is 9.04. The van der Waals surface area contributed by atoms with Gasteiger partial charge in [0.2, 0.25) is 0 Å². The third-order valence-electron chi connectivity index (χ3n) is 5.35. The largest absolute Gasteiger partial charge is 0.306 e. The normalized spacial score (nSPS) is 19.2. The van der Waals surface area contributed by atoms with Gasteiger partial charge in [-0.1, -0.05) is 19.3 Å². The van der Waals surface area contributed by atoms with Gasteiger partial charge in [-0.05, 0) is 37.3 Å². The van der Waals surface area contributed by atoms with Crippen molar-refractivity contribution in [1.29, 1.82) is 0 Å². The second kappa shape index (κ2) is 6.85. The Hall–Kier alpha value is -2.01. The van der Waals surface area contributed by atoms with Crippen LogP contribution >= 0.6 is 0 Å². The summed E-state index contributed by atoms with van der Waals surface area (Å²) in [6.45, 7) is 2.93. The maximum atomic E-state index is 12.4. The van der Waals surface area contributed by atoms with Crippen LogP contribution in [0.4, 0.5) is 0 Å². The molecule has 3 heterocycles. The number of rotatable bonds is 3. The highest BCUT2D eigenvalue weighted by atomic mass is 16.1. The van der Waals surface area contributed by atoms with Gasteiger partial charge in [0.05, 0.1) is 5.69 Å². The van der Waals surface area contributed by atoms with Gasteiger partial charge in [0.25, 0.3) is 5.56 Å². The number of hydrogen-bond donors (Lipinski definition) is 1. The second-order valence-corrected chi connectivity index (χ2v) is 7.06. The lowest BCUT2D eigenvalue weighted by Crippen LogP contribution is -2.38. The summed E-state index contributed by atoms with van der Waals surface area (Å²) in [6, 6.07) is 3.76. The molecule has 0 aromatic carbocycles. The van der Waals surface area contributed by atoms with Gasteiger partial charge in [-0.2, -0.15) is 0 Å². The molecule has 2 aromatic heterocycles. The number of aromatic nitrogens is 3. The molecule has 0 unspecified atom stereocenters. The second-order valence-electron chi connectivity index (χ2n) is 7.06. The fraction of sp³-hybridized carbons (Fsp3) is 0.526. The van der Waals surface area contributed by atoms with E-state index in [0.29, 0.717) is 5.82 Å². The Morgan fingerprint density at radius 1 is 1.17 bits per heavy atom. The Balaban J connectivity index is 1.55. The molecule has 24 heavy (non-hydrogen) atoms. The molecule has 5 nitrogen and oxygen atoms in total. The van der Waals surface area contributed by atoms with E-state index in [0.717, 1.165) is 48.8 Å². The molecule has 1 N–H and O–H groups in total. The van der Waals surface area contributed by atoms with Gasteiger partial charge in [-0.3, -0.25) is 14.7 Å². The molecule has 1 aliphatic carbocycles. The van der Waals surface area contributed by atoms with Crippen LogP contribution < -0.4 is 5.56 Å². The minimum atomic E-state index is 0.0177. The number of fused-ring (bicyclic) bond motifs is 1. The molecule has 2 aromatic rings. The molecule has 1 fully saturated rings. The lowest BCUT2D eigenvalue weighted by atomic mass is 9.88. The van der Waals surface area contributed by atoms with E-state index < -0.39 is 0 Å². The van der Waals surface area contributed by atoms with Crippen LogP contribution in [0.3, 0.4) is 0 Å². The molecule has 1 aliphatic heterocycles. The van der Waals surface area contributed by atoms with Crippen molar-refractivity contribution >= 4 is 0 Å². The zero-order valence-corrected chi connectivity index (χ0v) is 14.0. The predicted octanol–water partition coefficient (Wildman–Crippen LogP) is 2.77. The lowest BCUT2D eigenvalue weighted by molar-refractivity contribution is 0.184. The van der Waals surface area contributed by atoms with E-state index in [1.165, 1.54) is 32.1 Å². The van der Waals surface area contributed by atoms with Crippen molar-refractivity contribution in [3.63, 3.8) is 0 Å². The highest BCUT2D eigenvalue weighted by molar-refractivity contribution is 5.54. The van der Waals surface area contributed by atoms with E-state index in [-0.39, 0.29) is 5.56 Å². The fourth-order valence-corrected chi connectivity index (χ4v) is 4.03. The van der Waals surface area contributed by atoms with Crippen molar-refractivity contribution in [3.05, 3.63) is 46.1 Å². The van der Waals surface area contributed by atoms with Crippen molar-refractivity contribution < 1.29 is 0 Å². The van der Waals surface area contributed by atoms with Gasteiger partial charge in [0, 0.05) is 43.2 Å². The summed E-state index contributed by atoms with van der Waals surface area (Å²) in [7, 11) is 0. The van der Waals surface area contributed by atoms with Crippen LogP contribution in [0.15, 0.2) is 29.3 Å². The van der Waals surface area contributed by atoms with E-state index in [1.807, 2.05) is 12.1 Å². The van der Waals surface area contributed by atoms with Crippen LogP contribution in [0.2, 0.25) is 0 Å². The Labute approximate surface area is 142 Å². The van der Waals surface area contributed by atoms with E-state index in [4.69, 9.17) is 4.98 Å². The van der Waals surface area contributed by atoms with Crippen LogP contribution in [0, 0.1) is 5.92 Å². The van der Waals surface area contributed by atoms with Gasteiger partial charge in [0.1, 0.15) is 5.82 Å². The average molecular weight is 324 g/mol. The van der Waals surface area contributed by atoms with E-state index >= 15 is 0 Å². The first-order valence-electron chi connectivity index (χ1n) is 9.04. The van der Waals surface area contributed by atoms with E-state index in [1.54, 1.807) is 12.4 Å². The van der Waals surface area contributed by atoms with Gasteiger partial charge >= 0.3 is 0 Å². The topological polar surface area (TPSA) is 61.9 Å². The molecule has 0 amide bonds. The maximum absolute atomic E-state index is 12.4. The Morgan fingerprint density at radius 2 is 1.96 bits per heavy atom. The molecule has 0 radical (unpaired) electrons. The third-order valence-corrected chi connectivity index (χ3v) is 5.35. The summed E-state index contributed by atoms with van der Waals surface area (Å²) >= 11 is 0. The minimum absolute atomic E-state index is 0.0177. The number of nitrogens with one attached hydrogen (secondary N) is 1. The Morgan fingerprint density at radius 3 is 2.75 bits per heavy atom. The molecule has 2 aliphatic rings. The van der Waals surface area contributed by atoms with Crippen molar-refractivity contribution in [2.24, 2.45) is 5.92 Å². The standard InChI is InChI=1S/C19H24N4O/c24-19-16-8-11-23(12-14-4-2-1-3-5-14)13-17(16)21-18(22-19)15-6-9-20-10-7-15/h6-7,9-10,14H,1-5,8,11-13H2,(H,21,22,24). The molecule has 0 spiro atoms. The van der Waals surface area contributed by atoms with Crippen LogP contribution in [-0.2, 0) is 13.0 Å². The smallest absolute Gasteiger partial charge is 0.254 e. The van der Waals surface area contributed by atoms with Gasteiger partial charge < -0.3 is 4.98 Å². The Bertz CT molecular complexity index is 750. The number of H-pyrrole nitrogens is 1. The van der Waals surface area contributed by atoms with Gasteiger partial charge in [-0.15, -0.1) is 0 Å². The molecular weight excluding hydrogens is 300 g/mol. The number of nitrogens with zero attached hydrogens (tertiary/aromatic N) is 3. The number of hydrogen-bond acceptors (Lipinski definition) is 4. The summed E-state index contributed by atoms with van der Waals surface area (Å²) in [5.41, 5.74) is 2.75. The highest BCUT2D eigenvalue weighted by Crippen LogP contribution is 2.26. The molecular formula is C19H24N4O. The molecule has 5 heteroatoms. The molecule has 0 atom stereocenters. The van der Waals surface area contributed by atoms with E-state index in [2.05, 4.69) is 14.9 Å². The first-order chi connectivity index (χ1) is 11.8. The summed E-state index contributed by atoms with van der Waals surface area (Å²) in [5, 5.41) is 0. The monoisotopic (exact) mass is 324 g/mol. The van der Waals surface area contributed by atoms with Crippen molar-refractivity contribution in [1.82, 2.24) is 19.9 Å². The molecule has 1 saturated carbocycles. The molecule has 0 saturated heterocycles. The molecule has 0 bridgehead atoms.